The van der Waals surface area contributed by atoms with Crippen LogP contribution in [0.15, 0.2) is 33.5 Å². The first-order valence-electron chi connectivity index (χ1n) is 7.93. The van der Waals surface area contributed by atoms with E-state index >= 15 is 0 Å². The molecular weight excluding hydrogens is 356 g/mol. The molecule has 2 rings (SSSR count). The molecule has 0 aliphatic rings. The van der Waals surface area contributed by atoms with Crippen LogP contribution in [0, 0.1) is 6.92 Å². The quantitative estimate of drug-likeness (QED) is 0.607. The fourth-order valence-corrected chi connectivity index (χ4v) is 2.60. The molecule has 1 atom stereocenters. The number of amides is 2. The minimum atomic E-state index is -0.850. The van der Waals surface area contributed by atoms with Gasteiger partial charge in [0.15, 0.2) is 23.9 Å². The van der Waals surface area contributed by atoms with Gasteiger partial charge >= 0.3 is 0 Å². The number of hydrogen-bond acceptors (Lipinski definition) is 7. The van der Waals surface area contributed by atoms with E-state index < -0.39 is 28.9 Å². The minimum Gasteiger partial charge on any atom is -0.502 e. The van der Waals surface area contributed by atoms with E-state index in [-0.39, 0.29) is 30.3 Å². The normalized spacial score (nSPS) is 11.6. The van der Waals surface area contributed by atoms with Crippen LogP contribution >= 0.6 is 0 Å². The highest BCUT2D eigenvalue weighted by Gasteiger charge is 2.26. The van der Waals surface area contributed by atoms with Crippen molar-refractivity contribution in [3.8, 4) is 17.2 Å². The van der Waals surface area contributed by atoms with Gasteiger partial charge in [0.25, 0.3) is 5.91 Å². The van der Waals surface area contributed by atoms with Gasteiger partial charge in [-0.1, -0.05) is 6.07 Å². The van der Waals surface area contributed by atoms with Crippen LogP contribution in [0.2, 0.25) is 0 Å². The zero-order chi connectivity index (χ0) is 20.1. The highest BCUT2D eigenvalue weighted by molar-refractivity contribution is 5.76. The second-order valence-electron chi connectivity index (χ2n) is 5.82. The maximum Gasteiger partial charge on any atom is 0.255 e. The topological polar surface area (TPSA) is 155 Å². The number of hydrogen-bond donors (Lipinski definition) is 3. The Morgan fingerprint density at radius 3 is 2.48 bits per heavy atom. The van der Waals surface area contributed by atoms with Gasteiger partial charge in [0.1, 0.15) is 5.76 Å². The van der Waals surface area contributed by atoms with Crippen molar-refractivity contribution in [2.75, 3.05) is 13.7 Å². The van der Waals surface area contributed by atoms with Crippen molar-refractivity contribution in [3.05, 3.63) is 51.6 Å². The van der Waals surface area contributed by atoms with Gasteiger partial charge in [0.05, 0.1) is 13.0 Å². The van der Waals surface area contributed by atoms with E-state index in [4.69, 9.17) is 25.4 Å². The molecule has 9 heteroatoms. The number of ether oxygens (including phenoxy) is 2. The summed E-state index contributed by atoms with van der Waals surface area (Å²) in [5.41, 5.74) is 10.2. The number of aromatic hydroxyl groups is 1. The third-order valence-electron chi connectivity index (χ3n) is 3.75. The zero-order valence-corrected chi connectivity index (χ0v) is 14.9. The van der Waals surface area contributed by atoms with Crippen LogP contribution in [0.3, 0.4) is 0 Å². The average molecular weight is 376 g/mol. The number of nitrogens with two attached hydrogens (primary N) is 2. The molecule has 0 radical (unpaired) electrons. The van der Waals surface area contributed by atoms with Crippen molar-refractivity contribution < 1.29 is 28.6 Å². The maximum atomic E-state index is 11.9. The number of primary amides is 2. The molecule has 27 heavy (non-hydrogen) atoms. The molecule has 1 aromatic heterocycles. The Kier molecular flexibility index (Phi) is 6.07. The van der Waals surface area contributed by atoms with E-state index in [1.807, 2.05) is 0 Å². The summed E-state index contributed by atoms with van der Waals surface area (Å²) in [5.74, 6) is -2.12. The van der Waals surface area contributed by atoms with Crippen LogP contribution in [0.25, 0.3) is 0 Å². The maximum absolute atomic E-state index is 11.9. The molecule has 2 amide bonds. The lowest BCUT2D eigenvalue weighted by molar-refractivity contribution is -0.120. The highest BCUT2D eigenvalue weighted by Crippen LogP contribution is 2.37. The summed E-state index contributed by atoms with van der Waals surface area (Å²) in [6, 6.07) is 5.78. The Morgan fingerprint density at radius 1 is 1.19 bits per heavy atom. The Balaban J connectivity index is 2.57. The molecule has 1 aromatic carbocycles. The number of carbonyl (C=O) groups is 2. The third-order valence-corrected chi connectivity index (χ3v) is 3.75. The van der Waals surface area contributed by atoms with Gasteiger partial charge in [-0.05, 0) is 24.6 Å². The molecule has 0 saturated carbocycles. The van der Waals surface area contributed by atoms with E-state index in [0.29, 0.717) is 11.3 Å². The van der Waals surface area contributed by atoms with Crippen molar-refractivity contribution in [3.63, 3.8) is 0 Å². The zero-order valence-electron chi connectivity index (χ0n) is 14.9. The molecule has 2 aromatic rings. The van der Waals surface area contributed by atoms with Gasteiger partial charge in [0.2, 0.25) is 17.1 Å². The van der Waals surface area contributed by atoms with Crippen LogP contribution < -0.4 is 26.4 Å². The van der Waals surface area contributed by atoms with Crippen molar-refractivity contribution in [2.24, 2.45) is 11.5 Å². The fourth-order valence-electron chi connectivity index (χ4n) is 2.60. The van der Waals surface area contributed by atoms with E-state index in [9.17, 15) is 19.5 Å². The Hall–Kier alpha value is -3.49. The molecule has 0 saturated heterocycles. The Morgan fingerprint density at radius 2 is 1.89 bits per heavy atom. The highest BCUT2D eigenvalue weighted by atomic mass is 16.5. The summed E-state index contributed by atoms with van der Waals surface area (Å²) in [6.45, 7) is 1.16. The number of benzene rings is 1. The predicted molar refractivity (Wildman–Crippen MR) is 94.7 cm³/mol. The lowest BCUT2D eigenvalue weighted by Crippen LogP contribution is -2.20. The second-order valence-corrected chi connectivity index (χ2v) is 5.82. The first-order valence-corrected chi connectivity index (χ1v) is 7.93. The first-order chi connectivity index (χ1) is 12.7. The van der Waals surface area contributed by atoms with Crippen LogP contribution in [0.4, 0.5) is 0 Å². The monoisotopic (exact) mass is 376 g/mol. The van der Waals surface area contributed by atoms with E-state index in [1.54, 1.807) is 19.1 Å². The van der Waals surface area contributed by atoms with Crippen molar-refractivity contribution >= 4 is 11.8 Å². The molecule has 0 bridgehead atoms. The summed E-state index contributed by atoms with van der Waals surface area (Å²) >= 11 is 0. The van der Waals surface area contributed by atoms with Crippen LogP contribution in [0.1, 0.15) is 29.4 Å². The number of aryl methyl sites for hydroxylation is 1. The molecular formula is C18H20N2O7. The molecule has 1 heterocycles. The van der Waals surface area contributed by atoms with Gasteiger partial charge in [-0.2, -0.15) is 0 Å². The third kappa shape index (κ3) is 4.78. The number of methoxy groups -OCH3 is 1. The van der Waals surface area contributed by atoms with Gasteiger partial charge in [-0.15, -0.1) is 0 Å². The van der Waals surface area contributed by atoms with E-state index in [1.165, 1.54) is 13.2 Å². The van der Waals surface area contributed by atoms with E-state index in [0.717, 1.165) is 6.07 Å². The Bertz CT molecular complexity index is 920. The molecule has 1 unspecified atom stereocenters. The second kappa shape index (κ2) is 8.26. The van der Waals surface area contributed by atoms with Crippen LogP contribution in [-0.4, -0.2) is 30.6 Å². The lowest BCUT2D eigenvalue weighted by atomic mass is 9.91. The summed E-state index contributed by atoms with van der Waals surface area (Å²) in [6.07, 6.45) is -0.235. The molecule has 0 fully saturated rings. The predicted octanol–water partition coefficient (Wildman–Crippen LogP) is 0.534. The smallest absolute Gasteiger partial charge is 0.255 e. The van der Waals surface area contributed by atoms with Crippen LogP contribution in [-0.2, 0) is 9.59 Å². The average Bonchev–Trinajstić information content (AvgIpc) is 2.60. The molecule has 144 valence electrons. The van der Waals surface area contributed by atoms with Crippen molar-refractivity contribution in [1.29, 1.82) is 0 Å². The standard InChI is InChI=1S/C18H20N2O7/c1-9-5-12(21)17(24)18(27-9)11(7-15(19)22)10-3-4-13(25-2)14(6-10)26-8-16(20)23/h3-6,11,24H,7-8H2,1-2H3,(H2,19,22)(H2,20,23). The van der Waals surface area contributed by atoms with E-state index in [2.05, 4.69) is 0 Å². The van der Waals surface area contributed by atoms with Gasteiger partial charge in [0, 0.05) is 12.5 Å². The Labute approximate surface area is 154 Å². The summed E-state index contributed by atoms with van der Waals surface area (Å²) in [4.78, 5) is 34.5. The fraction of sp³-hybridized carbons (Fsp3) is 0.278. The summed E-state index contributed by atoms with van der Waals surface area (Å²) in [7, 11) is 1.42. The minimum absolute atomic E-state index is 0.0928. The van der Waals surface area contributed by atoms with Gasteiger partial charge in [-0.3, -0.25) is 14.4 Å². The van der Waals surface area contributed by atoms with Gasteiger partial charge < -0.3 is 30.5 Å². The van der Waals surface area contributed by atoms with Crippen LogP contribution in [0.5, 0.6) is 17.2 Å². The first kappa shape index (κ1) is 19.8. The van der Waals surface area contributed by atoms with Crippen molar-refractivity contribution in [2.45, 2.75) is 19.3 Å². The number of carbonyl (C=O) groups excluding carboxylic acids is 2. The molecule has 9 nitrogen and oxygen atoms in total. The molecule has 0 aliphatic heterocycles. The molecule has 5 N–H and O–H groups in total. The lowest BCUT2D eigenvalue weighted by Gasteiger charge is -2.18. The molecule has 0 spiro atoms. The van der Waals surface area contributed by atoms with Gasteiger partial charge in [-0.25, -0.2) is 0 Å². The summed E-state index contributed by atoms with van der Waals surface area (Å²) < 4.78 is 16.0. The molecule has 0 aliphatic carbocycles. The summed E-state index contributed by atoms with van der Waals surface area (Å²) in [5, 5.41) is 10.1. The van der Waals surface area contributed by atoms with Crippen molar-refractivity contribution in [1.82, 2.24) is 0 Å². The SMILES string of the molecule is COc1ccc(C(CC(N)=O)c2oc(C)cc(=O)c2O)cc1OCC(N)=O. The largest absolute Gasteiger partial charge is 0.502 e. The number of rotatable bonds is 8.